The van der Waals surface area contributed by atoms with Gasteiger partial charge in [0, 0.05) is 5.02 Å². The molecule has 7 heteroatoms. The monoisotopic (exact) mass is 420 g/mol. The molecule has 148 valence electrons. The van der Waals surface area contributed by atoms with E-state index in [-0.39, 0.29) is 28.5 Å². The Morgan fingerprint density at radius 2 is 1.89 bits per heavy atom. The molecule has 1 aliphatic rings. The number of halogens is 2. The maximum atomic E-state index is 12.8. The molecule has 0 saturated heterocycles. The van der Waals surface area contributed by atoms with Crippen molar-refractivity contribution in [1.82, 2.24) is 10.6 Å². The van der Waals surface area contributed by atoms with Crippen molar-refractivity contribution >= 4 is 35.0 Å². The van der Waals surface area contributed by atoms with Crippen LogP contribution < -0.4 is 15.4 Å². The zero-order valence-electron chi connectivity index (χ0n) is 15.7. The van der Waals surface area contributed by atoms with Crippen LogP contribution in [0.1, 0.15) is 29.8 Å². The quantitative estimate of drug-likeness (QED) is 0.771. The van der Waals surface area contributed by atoms with Crippen molar-refractivity contribution < 1.29 is 14.3 Å². The molecule has 3 rings (SSSR count). The first-order valence-electron chi connectivity index (χ1n) is 9.12. The summed E-state index contributed by atoms with van der Waals surface area (Å²) >= 11 is 12.0. The summed E-state index contributed by atoms with van der Waals surface area (Å²) in [5.74, 6) is 0.0769. The van der Waals surface area contributed by atoms with Gasteiger partial charge in [0.15, 0.2) is 0 Å². The number of hydrogen-bond donors (Lipinski definition) is 2. The second-order valence-electron chi connectivity index (χ2n) is 7.15. The van der Waals surface area contributed by atoms with Crippen molar-refractivity contribution in [3.8, 4) is 5.75 Å². The number of nitrogens with one attached hydrogen (secondary N) is 2. The van der Waals surface area contributed by atoms with E-state index >= 15 is 0 Å². The van der Waals surface area contributed by atoms with Crippen molar-refractivity contribution in [2.24, 2.45) is 5.92 Å². The zero-order chi connectivity index (χ0) is 20.3. The molecule has 0 fully saturated rings. The SMILES string of the molecule is CC(C)C(NC(=O)c1ccc(Cl)cc1Cl)C(=O)NC1COc2ccccc2C1. The molecule has 28 heavy (non-hydrogen) atoms. The minimum absolute atomic E-state index is 0.105. The van der Waals surface area contributed by atoms with Crippen molar-refractivity contribution in [2.75, 3.05) is 6.61 Å². The second-order valence-corrected chi connectivity index (χ2v) is 7.99. The summed E-state index contributed by atoms with van der Waals surface area (Å²) in [6.07, 6.45) is 0.684. The number of benzene rings is 2. The fourth-order valence-corrected chi connectivity index (χ4v) is 3.63. The Bertz CT molecular complexity index is 886. The Hall–Kier alpha value is -2.24. The van der Waals surface area contributed by atoms with Gasteiger partial charge in [0.2, 0.25) is 5.91 Å². The first-order valence-corrected chi connectivity index (χ1v) is 9.87. The van der Waals surface area contributed by atoms with E-state index in [2.05, 4.69) is 10.6 Å². The van der Waals surface area contributed by atoms with E-state index in [1.807, 2.05) is 38.1 Å². The fraction of sp³-hybridized carbons (Fsp3) is 0.333. The highest BCUT2D eigenvalue weighted by molar-refractivity contribution is 6.36. The van der Waals surface area contributed by atoms with E-state index in [9.17, 15) is 9.59 Å². The summed E-state index contributed by atoms with van der Waals surface area (Å²) in [6, 6.07) is 11.5. The number of amides is 2. The van der Waals surface area contributed by atoms with Gasteiger partial charge in [-0.25, -0.2) is 0 Å². The van der Waals surface area contributed by atoms with Crippen LogP contribution in [0.15, 0.2) is 42.5 Å². The van der Waals surface area contributed by atoms with Crippen molar-refractivity contribution in [3.63, 3.8) is 0 Å². The molecule has 2 unspecified atom stereocenters. The number of rotatable bonds is 5. The highest BCUT2D eigenvalue weighted by atomic mass is 35.5. The molecule has 0 aliphatic carbocycles. The number of hydrogen-bond acceptors (Lipinski definition) is 3. The molecule has 2 amide bonds. The van der Waals surface area contributed by atoms with Crippen molar-refractivity contribution in [1.29, 1.82) is 0 Å². The third-order valence-corrected chi connectivity index (χ3v) is 5.18. The Kier molecular flexibility index (Phi) is 6.47. The average molecular weight is 421 g/mol. The standard InChI is InChI=1S/C21H22Cl2N2O3/c1-12(2)19(25-20(26)16-8-7-14(22)10-17(16)23)21(27)24-15-9-13-5-3-4-6-18(13)28-11-15/h3-8,10,12,15,19H,9,11H2,1-2H3,(H,24,27)(H,25,26). The van der Waals surface area contributed by atoms with Gasteiger partial charge in [-0.05, 0) is 42.2 Å². The second kappa shape index (κ2) is 8.84. The molecule has 1 aliphatic heterocycles. The molecule has 0 aromatic heterocycles. The highest BCUT2D eigenvalue weighted by Gasteiger charge is 2.29. The van der Waals surface area contributed by atoms with Crippen molar-refractivity contribution in [3.05, 3.63) is 63.6 Å². The molecule has 0 spiro atoms. The maximum Gasteiger partial charge on any atom is 0.253 e. The van der Waals surface area contributed by atoms with E-state index in [4.69, 9.17) is 27.9 Å². The van der Waals surface area contributed by atoms with Crippen molar-refractivity contribution in [2.45, 2.75) is 32.4 Å². The third kappa shape index (κ3) is 4.78. The predicted molar refractivity (Wildman–Crippen MR) is 110 cm³/mol. The Balaban J connectivity index is 1.67. The summed E-state index contributed by atoms with van der Waals surface area (Å²) in [5.41, 5.74) is 1.33. The van der Waals surface area contributed by atoms with E-state index in [1.165, 1.54) is 6.07 Å². The van der Waals surface area contributed by atoms with E-state index in [0.29, 0.717) is 18.1 Å². The van der Waals surface area contributed by atoms with Gasteiger partial charge >= 0.3 is 0 Å². The van der Waals surface area contributed by atoms with Gasteiger partial charge in [0.05, 0.1) is 16.6 Å². The summed E-state index contributed by atoms with van der Waals surface area (Å²) in [4.78, 5) is 25.4. The Morgan fingerprint density at radius 3 is 2.61 bits per heavy atom. The lowest BCUT2D eigenvalue weighted by atomic mass is 9.99. The van der Waals surface area contributed by atoms with Crippen LogP contribution in [-0.2, 0) is 11.2 Å². The Morgan fingerprint density at radius 1 is 1.14 bits per heavy atom. The van der Waals surface area contributed by atoms with Crippen LogP contribution in [0.4, 0.5) is 0 Å². The number of para-hydroxylation sites is 1. The van der Waals surface area contributed by atoms with Crippen LogP contribution in [0.25, 0.3) is 0 Å². The van der Waals surface area contributed by atoms with Gasteiger partial charge in [0.1, 0.15) is 18.4 Å². The first kappa shape index (κ1) is 20.5. The normalized spacial score (nSPS) is 16.7. The summed E-state index contributed by atoms with van der Waals surface area (Å²) < 4.78 is 5.72. The molecule has 0 saturated carbocycles. The molecular formula is C21H22Cl2N2O3. The summed E-state index contributed by atoms with van der Waals surface area (Å²) in [7, 11) is 0. The topological polar surface area (TPSA) is 67.4 Å². The fourth-order valence-electron chi connectivity index (χ4n) is 3.14. The van der Waals surface area contributed by atoms with Crippen LogP contribution in [0.3, 0.4) is 0 Å². The molecule has 2 N–H and O–H groups in total. The first-order chi connectivity index (χ1) is 13.3. The van der Waals surface area contributed by atoms with Gasteiger partial charge in [-0.3, -0.25) is 9.59 Å². The molecule has 0 bridgehead atoms. The number of ether oxygens (including phenoxy) is 1. The molecule has 1 heterocycles. The minimum Gasteiger partial charge on any atom is -0.491 e. The molecule has 2 aromatic rings. The number of carbonyl (C=O) groups is 2. The van der Waals surface area contributed by atoms with Crippen LogP contribution in [0.2, 0.25) is 10.0 Å². The van der Waals surface area contributed by atoms with E-state index in [0.717, 1.165) is 11.3 Å². The number of fused-ring (bicyclic) bond motifs is 1. The van der Waals surface area contributed by atoms with Crippen LogP contribution >= 0.6 is 23.2 Å². The Labute approximate surface area is 174 Å². The van der Waals surface area contributed by atoms with E-state index < -0.39 is 11.9 Å². The van der Waals surface area contributed by atoms with Gasteiger partial charge in [0.25, 0.3) is 5.91 Å². The molecule has 2 atom stereocenters. The van der Waals surface area contributed by atoms with Crippen LogP contribution in [0.5, 0.6) is 5.75 Å². The zero-order valence-corrected chi connectivity index (χ0v) is 17.2. The number of carbonyl (C=O) groups excluding carboxylic acids is 2. The smallest absolute Gasteiger partial charge is 0.253 e. The van der Waals surface area contributed by atoms with Gasteiger partial charge in [-0.2, -0.15) is 0 Å². The molecule has 0 radical (unpaired) electrons. The molecular weight excluding hydrogens is 399 g/mol. The van der Waals surface area contributed by atoms with Gasteiger partial charge in [-0.1, -0.05) is 55.2 Å². The predicted octanol–water partition coefficient (Wildman–Crippen LogP) is 3.87. The molecule has 2 aromatic carbocycles. The van der Waals surface area contributed by atoms with E-state index in [1.54, 1.807) is 12.1 Å². The lowest BCUT2D eigenvalue weighted by molar-refractivity contribution is -0.125. The van der Waals surface area contributed by atoms with Gasteiger partial charge < -0.3 is 15.4 Å². The maximum absolute atomic E-state index is 12.8. The van der Waals surface area contributed by atoms with Crippen LogP contribution in [-0.4, -0.2) is 30.5 Å². The van der Waals surface area contributed by atoms with Crippen LogP contribution in [0, 0.1) is 5.92 Å². The lowest BCUT2D eigenvalue weighted by Gasteiger charge is -2.29. The highest BCUT2D eigenvalue weighted by Crippen LogP contribution is 2.24. The third-order valence-electron chi connectivity index (χ3n) is 4.64. The lowest BCUT2D eigenvalue weighted by Crippen LogP contribution is -2.54. The summed E-state index contributed by atoms with van der Waals surface area (Å²) in [5, 5.41) is 6.45. The molecule has 5 nitrogen and oxygen atoms in total. The van der Waals surface area contributed by atoms with Gasteiger partial charge in [-0.15, -0.1) is 0 Å². The minimum atomic E-state index is -0.698. The average Bonchev–Trinajstić information content (AvgIpc) is 2.65. The summed E-state index contributed by atoms with van der Waals surface area (Å²) in [6.45, 7) is 4.14. The largest absolute Gasteiger partial charge is 0.491 e.